The van der Waals surface area contributed by atoms with E-state index in [9.17, 15) is 9.90 Å². The summed E-state index contributed by atoms with van der Waals surface area (Å²) in [4.78, 5) is 11.3. The molecule has 90 valence electrons. The van der Waals surface area contributed by atoms with Gasteiger partial charge in [-0.1, -0.05) is 0 Å². The van der Waals surface area contributed by atoms with E-state index in [1.165, 1.54) is 14.0 Å². The minimum absolute atomic E-state index is 0.0248. The Bertz CT molecular complexity index is 197. The predicted molar refractivity (Wildman–Crippen MR) is 55.2 cm³/mol. The molecule has 0 bridgehead atoms. The summed E-state index contributed by atoms with van der Waals surface area (Å²) in [7, 11) is 1.53. The third kappa shape index (κ3) is 6.40. The fourth-order valence-corrected chi connectivity index (χ4v) is 0.840. The lowest BCUT2D eigenvalue weighted by molar-refractivity contribution is -0.124. The van der Waals surface area contributed by atoms with Crippen LogP contribution in [0.5, 0.6) is 0 Å². The Kier molecular flexibility index (Phi) is 6.42. The molecular weight excluding hydrogens is 200 g/mol. The standard InChI is InChI=1S/C9H20N2O4/c1-9(14,6-12)5-11-8(13)7(10)3-4-15-2/h7,12,14H,3-6,10H2,1-2H3,(H,11,13). The number of aliphatic hydroxyl groups is 2. The molecule has 1 amide bonds. The summed E-state index contributed by atoms with van der Waals surface area (Å²) in [6.07, 6.45) is 0.420. The minimum Gasteiger partial charge on any atom is -0.393 e. The van der Waals surface area contributed by atoms with Crippen LogP contribution in [0.2, 0.25) is 0 Å². The number of nitrogens with one attached hydrogen (secondary N) is 1. The Morgan fingerprint density at radius 2 is 2.27 bits per heavy atom. The van der Waals surface area contributed by atoms with Gasteiger partial charge in [-0.25, -0.2) is 0 Å². The molecule has 0 heterocycles. The van der Waals surface area contributed by atoms with Gasteiger partial charge in [0.1, 0.15) is 5.60 Å². The van der Waals surface area contributed by atoms with Crippen LogP contribution in [0.4, 0.5) is 0 Å². The maximum atomic E-state index is 11.3. The molecule has 0 saturated heterocycles. The second-order valence-corrected chi connectivity index (χ2v) is 3.76. The Balaban J connectivity index is 3.82. The van der Waals surface area contributed by atoms with Gasteiger partial charge in [-0.15, -0.1) is 0 Å². The first kappa shape index (κ1) is 14.3. The summed E-state index contributed by atoms with van der Waals surface area (Å²) in [5.74, 6) is -0.360. The van der Waals surface area contributed by atoms with Gasteiger partial charge in [-0.05, 0) is 13.3 Å². The molecule has 0 fully saturated rings. The summed E-state index contributed by atoms with van der Waals surface area (Å²) >= 11 is 0. The molecule has 5 N–H and O–H groups in total. The molecule has 0 radical (unpaired) electrons. The first-order valence-electron chi connectivity index (χ1n) is 4.78. The molecule has 0 aromatic rings. The lowest BCUT2D eigenvalue weighted by atomic mass is 10.1. The molecule has 0 aliphatic heterocycles. The van der Waals surface area contributed by atoms with Crippen LogP contribution in [-0.2, 0) is 9.53 Å². The van der Waals surface area contributed by atoms with Crippen molar-refractivity contribution in [3.8, 4) is 0 Å². The van der Waals surface area contributed by atoms with Crippen LogP contribution >= 0.6 is 0 Å². The van der Waals surface area contributed by atoms with E-state index in [0.717, 1.165) is 0 Å². The third-order valence-electron chi connectivity index (χ3n) is 1.95. The van der Waals surface area contributed by atoms with Gasteiger partial charge in [0.05, 0.1) is 12.6 Å². The van der Waals surface area contributed by atoms with Crippen LogP contribution in [0.25, 0.3) is 0 Å². The van der Waals surface area contributed by atoms with Gasteiger partial charge < -0.3 is 26.0 Å². The number of hydrogen-bond donors (Lipinski definition) is 4. The van der Waals surface area contributed by atoms with Crippen LogP contribution in [0.1, 0.15) is 13.3 Å². The Morgan fingerprint density at radius 1 is 1.67 bits per heavy atom. The van der Waals surface area contributed by atoms with Gasteiger partial charge in [0, 0.05) is 20.3 Å². The Hall–Kier alpha value is -0.690. The highest BCUT2D eigenvalue weighted by atomic mass is 16.5. The van der Waals surface area contributed by atoms with E-state index in [4.69, 9.17) is 15.6 Å². The molecule has 0 rings (SSSR count). The molecule has 0 aliphatic carbocycles. The van der Waals surface area contributed by atoms with Crippen molar-refractivity contribution in [2.45, 2.75) is 25.0 Å². The van der Waals surface area contributed by atoms with Crippen molar-refractivity contribution in [3.63, 3.8) is 0 Å². The van der Waals surface area contributed by atoms with E-state index in [-0.39, 0.29) is 12.5 Å². The first-order chi connectivity index (χ1) is 6.93. The Morgan fingerprint density at radius 3 is 2.73 bits per heavy atom. The van der Waals surface area contributed by atoms with Crippen LogP contribution in [0.15, 0.2) is 0 Å². The molecular formula is C9H20N2O4. The van der Waals surface area contributed by atoms with Crippen LogP contribution in [-0.4, -0.2) is 54.6 Å². The average molecular weight is 220 g/mol. The molecule has 15 heavy (non-hydrogen) atoms. The van der Waals surface area contributed by atoms with E-state index in [1.807, 2.05) is 0 Å². The van der Waals surface area contributed by atoms with Crippen LogP contribution in [0, 0.1) is 0 Å². The predicted octanol–water partition coefficient (Wildman–Crippen LogP) is -1.79. The molecule has 0 aromatic carbocycles. The maximum absolute atomic E-state index is 11.3. The highest BCUT2D eigenvalue weighted by molar-refractivity contribution is 5.81. The summed E-state index contributed by atoms with van der Waals surface area (Å²) in [5.41, 5.74) is 4.23. The lowest BCUT2D eigenvalue weighted by Crippen LogP contribution is -2.48. The quantitative estimate of drug-likeness (QED) is 0.405. The monoisotopic (exact) mass is 220 g/mol. The number of amides is 1. The van der Waals surface area contributed by atoms with Crippen molar-refractivity contribution >= 4 is 5.91 Å². The zero-order valence-corrected chi connectivity index (χ0v) is 9.19. The molecule has 6 heteroatoms. The molecule has 2 unspecified atom stereocenters. The van der Waals surface area contributed by atoms with Crippen molar-refractivity contribution in [1.29, 1.82) is 0 Å². The van der Waals surface area contributed by atoms with Crippen molar-refractivity contribution in [3.05, 3.63) is 0 Å². The highest BCUT2D eigenvalue weighted by Gasteiger charge is 2.21. The molecule has 0 aromatic heterocycles. The fraction of sp³-hybridized carbons (Fsp3) is 0.889. The van der Waals surface area contributed by atoms with Gasteiger partial charge >= 0.3 is 0 Å². The van der Waals surface area contributed by atoms with E-state index in [0.29, 0.717) is 13.0 Å². The van der Waals surface area contributed by atoms with Crippen LogP contribution < -0.4 is 11.1 Å². The third-order valence-corrected chi connectivity index (χ3v) is 1.95. The number of aliphatic hydroxyl groups excluding tert-OH is 1. The van der Waals surface area contributed by atoms with Gasteiger partial charge in [0.15, 0.2) is 0 Å². The van der Waals surface area contributed by atoms with Crippen molar-refractivity contribution in [2.24, 2.45) is 5.73 Å². The number of nitrogens with two attached hydrogens (primary N) is 1. The summed E-state index contributed by atoms with van der Waals surface area (Å²) in [5, 5.41) is 20.6. The Labute approximate surface area is 89.4 Å². The van der Waals surface area contributed by atoms with Crippen molar-refractivity contribution in [1.82, 2.24) is 5.32 Å². The normalized spacial score (nSPS) is 16.9. The van der Waals surface area contributed by atoms with Gasteiger partial charge in [-0.3, -0.25) is 4.79 Å². The van der Waals surface area contributed by atoms with Gasteiger partial charge in [0.25, 0.3) is 0 Å². The second-order valence-electron chi connectivity index (χ2n) is 3.76. The molecule has 0 saturated carbocycles. The van der Waals surface area contributed by atoms with Gasteiger partial charge in [0.2, 0.25) is 5.91 Å². The van der Waals surface area contributed by atoms with Crippen molar-refractivity contribution in [2.75, 3.05) is 26.9 Å². The SMILES string of the molecule is COCCC(N)C(=O)NCC(C)(O)CO. The van der Waals surface area contributed by atoms with E-state index in [2.05, 4.69) is 5.32 Å². The van der Waals surface area contributed by atoms with E-state index in [1.54, 1.807) is 0 Å². The second kappa shape index (κ2) is 6.73. The summed E-state index contributed by atoms with van der Waals surface area (Å²) in [6, 6.07) is -0.653. The average Bonchev–Trinajstić information content (AvgIpc) is 2.22. The zero-order chi connectivity index (χ0) is 11.9. The lowest BCUT2D eigenvalue weighted by Gasteiger charge is -2.21. The van der Waals surface area contributed by atoms with Crippen molar-refractivity contribution < 1.29 is 19.7 Å². The van der Waals surface area contributed by atoms with Crippen LogP contribution in [0.3, 0.4) is 0 Å². The number of hydrogen-bond acceptors (Lipinski definition) is 5. The minimum atomic E-state index is -1.31. The number of carbonyl (C=O) groups excluding carboxylic acids is 1. The molecule has 6 nitrogen and oxygen atoms in total. The molecule has 2 atom stereocenters. The fourth-order valence-electron chi connectivity index (χ4n) is 0.840. The zero-order valence-electron chi connectivity index (χ0n) is 9.19. The largest absolute Gasteiger partial charge is 0.393 e. The molecule has 0 spiro atoms. The smallest absolute Gasteiger partial charge is 0.237 e. The summed E-state index contributed by atoms with van der Waals surface area (Å²) < 4.78 is 4.78. The first-order valence-corrected chi connectivity index (χ1v) is 4.78. The number of rotatable bonds is 7. The number of ether oxygens (including phenoxy) is 1. The highest BCUT2D eigenvalue weighted by Crippen LogP contribution is 1.99. The van der Waals surface area contributed by atoms with Gasteiger partial charge in [-0.2, -0.15) is 0 Å². The number of methoxy groups -OCH3 is 1. The summed E-state index contributed by atoms with van der Waals surface area (Å²) in [6.45, 7) is 1.39. The molecule has 0 aliphatic rings. The van der Waals surface area contributed by atoms with E-state index >= 15 is 0 Å². The number of carbonyl (C=O) groups is 1. The maximum Gasteiger partial charge on any atom is 0.237 e. The topological polar surface area (TPSA) is 105 Å². The van der Waals surface area contributed by atoms with E-state index < -0.39 is 18.2 Å².